The number of benzene rings is 2. The maximum absolute atomic E-state index is 11.8. The second kappa shape index (κ2) is 9.64. The number of ether oxygens (including phenoxy) is 2. The van der Waals surface area contributed by atoms with E-state index in [-0.39, 0.29) is 5.97 Å². The van der Waals surface area contributed by atoms with E-state index in [9.17, 15) is 4.79 Å². The van der Waals surface area contributed by atoms with Crippen LogP contribution in [0.3, 0.4) is 0 Å². The molecule has 0 aliphatic carbocycles. The number of hydrogen-bond donors (Lipinski definition) is 2. The Bertz CT molecular complexity index is 700. The number of carbonyl (C=O) groups is 1. The van der Waals surface area contributed by atoms with E-state index in [2.05, 4.69) is 10.6 Å². The summed E-state index contributed by atoms with van der Waals surface area (Å²) >= 11 is 5.30. The molecule has 6 heteroatoms. The van der Waals surface area contributed by atoms with Gasteiger partial charge in [-0.2, -0.15) is 0 Å². The predicted molar refractivity (Wildman–Crippen MR) is 104 cm³/mol. The van der Waals surface area contributed by atoms with Crippen molar-refractivity contribution in [2.24, 2.45) is 0 Å². The van der Waals surface area contributed by atoms with E-state index in [1.165, 1.54) is 0 Å². The zero-order chi connectivity index (χ0) is 18.1. The van der Waals surface area contributed by atoms with Crippen LogP contribution in [-0.4, -0.2) is 24.3 Å². The molecule has 0 amide bonds. The van der Waals surface area contributed by atoms with Gasteiger partial charge >= 0.3 is 5.97 Å². The maximum atomic E-state index is 11.8. The summed E-state index contributed by atoms with van der Waals surface area (Å²) < 4.78 is 10.5. The lowest BCUT2D eigenvalue weighted by Gasteiger charge is -2.11. The molecule has 2 rings (SSSR count). The topological polar surface area (TPSA) is 59.6 Å². The average Bonchev–Trinajstić information content (AvgIpc) is 2.62. The average molecular weight is 358 g/mol. The molecule has 0 fully saturated rings. The number of anilines is 2. The first-order chi connectivity index (χ1) is 12.1. The van der Waals surface area contributed by atoms with Gasteiger partial charge < -0.3 is 20.1 Å². The molecule has 0 aliphatic rings. The van der Waals surface area contributed by atoms with Crippen molar-refractivity contribution in [3.63, 3.8) is 0 Å². The molecular weight excluding hydrogens is 336 g/mol. The van der Waals surface area contributed by atoms with Gasteiger partial charge in [0.15, 0.2) is 5.11 Å². The first kappa shape index (κ1) is 18.7. The van der Waals surface area contributed by atoms with Crippen molar-refractivity contribution in [1.29, 1.82) is 0 Å². The van der Waals surface area contributed by atoms with Crippen molar-refractivity contribution in [2.45, 2.75) is 20.3 Å². The predicted octanol–water partition coefficient (Wildman–Crippen LogP) is 4.46. The van der Waals surface area contributed by atoms with Gasteiger partial charge in [-0.15, -0.1) is 0 Å². The fourth-order valence-corrected chi connectivity index (χ4v) is 2.30. The third-order valence-electron chi connectivity index (χ3n) is 3.24. The quantitative estimate of drug-likeness (QED) is 0.563. The Hall–Kier alpha value is -2.60. The van der Waals surface area contributed by atoms with Gasteiger partial charge in [0, 0.05) is 11.4 Å². The highest BCUT2D eigenvalue weighted by Gasteiger charge is 2.06. The Morgan fingerprint density at radius 2 is 1.52 bits per heavy atom. The lowest BCUT2D eigenvalue weighted by molar-refractivity contribution is 0.0505. The minimum absolute atomic E-state index is 0.316. The van der Waals surface area contributed by atoms with E-state index in [4.69, 9.17) is 21.7 Å². The molecule has 0 saturated carbocycles. The lowest BCUT2D eigenvalue weighted by atomic mass is 10.2. The van der Waals surface area contributed by atoms with Gasteiger partial charge in [-0.25, -0.2) is 4.79 Å². The number of carbonyl (C=O) groups excluding carboxylic acids is 1. The fourth-order valence-electron chi connectivity index (χ4n) is 2.06. The number of esters is 1. The summed E-state index contributed by atoms with van der Waals surface area (Å²) in [5.41, 5.74) is 2.17. The van der Waals surface area contributed by atoms with Gasteiger partial charge in [-0.3, -0.25) is 0 Å². The summed E-state index contributed by atoms with van der Waals surface area (Å²) in [6, 6.07) is 14.5. The highest BCUT2D eigenvalue weighted by Crippen LogP contribution is 2.16. The fraction of sp³-hybridized carbons (Fsp3) is 0.263. The number of thiocarbonyl (C=S) groups is 1. The monoisotopic (exact) mass is 358 g/mol. The highest BCUT2D eigenvalue weighted by atomic mass is 32.1. The van der Waals surface area contributed by atoms with E-state index in [1.54, 1.807) is 24.3 Å². The summed E-state index contributed by atoms with van der Waals surface area (Å²) in [4.78, 5) is 11.8. The van der Waals surface area contributed by atoms with Crippen LogP contribution in [0.15, 0.2) is 48.5 Å². The molecule has 25 heavy (non-hydrogen) atoms. The third kappa shape index (κ3) is 6.08. The summed E-state index contributed by atoms with van der Waals surface area (Å²) in [7, 11) is 0. The molecule has 0 atom stereocenters. The molecule has 0 unspecified atom stereocenters. The molecule has 132 valence electrons. The molecule has 5 nitrogen and oxygen atoms in total. The standard InChI is InChI=1S/C19H22N2O3S/c1-3-13-24-18(22)14-5-7-15(8-6-14)20-19(25)21-16-9-11-17(12-10-16)23-4-2/h5-12H,3-4,13H2,1-2H3,(H2,20,21,25). The van der Waals surface area contributed by atoms with Gasteiger partial charge in [-0.05, 0) is 74.1 Å². The molecule has 0 bridgehead atoms. The molecule has 0 saturated heterocycles. The molecule has 2 aromatic rings. The van der Waals surface area contributed by atoms with Gasteiger partial charge in [-0.1, -0.05) is 6.92 Å². The normalized spacial score (nSPS) is 10.0. The smallest absolute Gasteiger partial charge is 0.338 e. The van der Waals surface area contributed by atoms with Crippen molar-refractivity contribution in [2.75, 3.05) is 23.8 Å². The first-order valence-electron chi connectivity index (χ1n) is 8.20. The molecule has 0 heterocycles. The van der Waals surface area contributed by atoms with Crippen LogP contribution in [-0.2, 0) is 4.74 Å². The van der Waals surface area contributed by atoms with Gasteiger partial charge in [0.05, 0.1) is 18.8 Å². The Balaban J connectivity index is 1.88. The molecule has 2 aromatic carbocycles. The van der Waals surface area contributed by atoms with E-state index < -0.39 is 0 Å². The van der Waals surface area contributed by atoms with Gasteiger partial charge in [0.1, 0.15) is 5.75 Å². The largest absolute Gasteiger partial charge is 0.494 e. The molecule has 0 aliphatic heterocycles. The molecule has 0 aromatic heterocycles. The first-order valence-corrected chi connectivity index (χ1v) is 8.61. The second-order valence-electron chi connectivity index (χ2n) is 5.25. The van der Waals surface area contributed by atoms with E-state index in [0.29, 0.717) is 23.9 Å². The summed E-state index contributed by atoms with van der Waals surface area (Å²) in [6.45, 7) is 4.96. The van der Waals surface area contributed by atoms with Crippen molar-refractivity contribution in [3.05, 3.63) is 54.1 Å². The Labute approximate surface area is 153 Å². The Morgan fingerprint density at radius 3 is 2.04 bits per heavy atom. The molecule has 2 N–H and O–H groups in total. The molecule has 0 spiro atoms. The van der Waals surface area contributed by atoms with Crippen molar-refractivity contribution >= 4 is 34.7 Å². The zero-order valence-electron chi connectivity index (χ0n) is 14.4. The van der Waals surface area contributed by atoms with Crippen LogP contribution in [0.4, 0.5) is 11.4 Å². The lowest BCUT2D eigenvalue weighted by Crippen LogP contribution is -2.19. The highest BCUT2D eigenvalue weighted by molar-refractivity contribution is 7.80. The van der Waals surface area contributed by atoms with Gasteiger partial charge in [0.2, 0.25) is 0 Å². The molecule has 0 radical (unpaired) electrons. The second-order valence-corrected chi connectivity index (χ2v) is 5.66. The summed E-state index contributed by atoms with van der Waals surface area (Å²) in [5.74, 6) is 0.501. The van der Waals surface area contributed by atoms with Crippen LogP contribution < -0.4 is 15.4 Å². The van der Waals surface area contributed by atoms with Crippen molar-refractivity contribution in [1.82, 2.24) is 0 Å². The number of rotatable bonds is 7. The Kier molecular flexibility index (Phi) is 7.22. The van der Waals surface area contributed by atoms with Crippen LogP contribution in [0.5, 0.6) is 5.75 Å². The van der Waals surface area contributed by atoms with E-state index >= 15 is 0 Å². The SMILES string of the molecule is CCCOC(=O)c1ccc(NC(=S)Nc2ccc(OCC)cc2)cc1. The van der Waals surface area contributed by atoms with E-state index in [0.717, 1.165) is 23.5 Å². The van der Waals surface area contributed by atoms with Crippen molar-refractivity contribution < 1.29 is 14.3 Å². The Morgan fingerprint density at radius 1 is 0.960 bits per heavy atom. The minimum Gasteiger partial charge on any atom is -0.494 e. The minimum atomic E-state index is -0.316. The number of nitrogens with one attached hydrogen (secondary N) is 2. The van der Waals surface area contributed by atoms with Crippen LogP contribution in [0.1, 0.15) is 30.6 Å². The van der Waals surface area contributed by atoms with Crippen LogP contribution >= 0.6 is 12.2 Å². The van der Waals surface area contributed by atoms with Crippen molar-refractivity contribution in [3.8, 4) is 5.75 Å². The van der Waals surface area contributed by atoms with E-state index in [1.807, 2.05) is 38.1 Å². The molecular formula is C19H22N2O3S. The van der Waals surface area contributed by atoms with Gasteiger partial charge in [0.25, 0.3) is 0 Å². The summed E-state index contributed by atoms with van der Waals surface area (Å²) in [6.07, 6.45) is 0.802. The number of hydrogen-bond acceptors (Lipinski definition) is 4. The van der Waals surface area contributed by atoms with Crippen LogP contribution in [0.2, 0.25) is 0 Å². The third-order valence-corrected chi connectivity index (χ3v) is 3.44. The zero-order valence-corrected chi connectivity index (χ0v) is 15.2. The maximum Gasteiger partial charge on any atom is 0.338 e. The van der Waals surface area contributed by atoms with Crippen LogP contribution in [0, 0.1) is 0 Å². The summed E-state index contributed by atoms with van der Waals surface area (Å²) in [5, 5.41) is 6.64. The van der Waals surface area contributed by atoms with Crippen LogP contribution in [0.25, 0.3) is 0 Å².